The van der Waals surface area contributed by atoms with Crippen LogP contribution in [0.2, 0.25) is 0 Å². The first-order chi connectivity index (χ1) is 7.48. The van der Waals surface area contributed by atoms with Gasteiger partial charge in [-0.2, -0.15) is 4.31 Å². The van der Waals surface area contributed by atoms with Crippen molar-refractivity contribution >= 4 is 10.0 Å². The summed E-state index contributed by atoms with van der Waals surface area (Å²) in [6.45, 7) is 0.106. The van der Waals surface area contributed by atoms with Crippen LogP contribution >= 0.6 is 0 Å². The first-order valence-corrected chi connectivity index (χ1v) is 6.18. The molecule has 2 N–H and O–H groups in total. The van der Waals surface area contributed by atoms with Gasteiger partial charge in [-0.05, 0) is 6.07 Å². The largest absolute Gasteiger partial charge is 0.389 e. The fraction of sp³-hybridized carbons (Fsp3) is 0.556. The Kier molecular flexibility index (Phi) is 4.48. The third-order valence-corrected chi connectivity index (χ3v) is 3.92. The fourth-order valence-corrected chi connectivity index (χ4v) is 2.47. The molecule has 0 saturated heterocycles. The average Bonchev–Trinajstić information content (AvgIpc) is 2.70. The van der Waals surface area contributed by atoms with E-state index in [2.05, 4.69) is 4.98 Å². The predicted molar refractivity (Wildman–Crippen MR) is 58.5 cm³/mol. The van der Waals surface area contributed by atoms with E-state index in [1.54, 1.807) is 0 Å². The first kappa shape index (κ1) is 13.2. The summed E-state index contributed by atoms with van der Waals surface area (Å²) in [5.74, 6) is 0. The number of nitrogens with one attached hydrogen (secondary N) is 1. The maximum absolute atomic E-state index is 11.9. The number of ether oxygens (including phenoxy) is 1. The van der Waals surface area contributed by atoms with E-state index in [0.29, 0.717) is 0 Å². The van der Waals surface area contributed by atoms with Gasteiger partial charge in [0.05, 0.1) is 17.6 Å². The second kappa shape index (κ2) is 5.44. The van der Waals surface area contributed by atoms with Gasteiger partial charge in [0.25, 0.3) is 0 Å². The number of hydrogen-bond acceptors (Lipinski definition) is 4. The number of rotatable bonds is 6. The number of aromatic amines is 1. The van der Waals surface area contributed by atoms with E-state index in [-0.39, 0.29) is 18.0 Å². The van der Waals surface area contributed by atoms with E-state index in [9.17, 15) is 13.5 Å². The summed E-state index contributed by atoms with van der Waals surface area (Å²) in [5, 5.41) is 9.44. The zero-order chi connectivity index (χ0) is 12.2. The molecule has 0 saturated carbocycles. The lowest BCUT2D eigenvalue weighted by Gasteiger charge is -2.19. The SMILES string of the molecule is COCC(O)CN(C)S(=O)(=O)c1cc[nH]c1. The minimum Gasteiger partial charge on any atom is -0.389 e. The van der Waals surface area contributed by atoms with Crippen LogP contribution in [0.25, 0.3) is 0 Å². The molecule has 1 aromatic heterocycles. The van der Waals surface area contributed by atoms with Gasteiger partial charge in [0.15, 0.2) is 0 Å². The fourth-order valence-electron chi connectivity index (χ4n) is 1.29. The summed E-state index contributed by atoms with van der Waals surface area (Å²) >= 11 is 0. The standard InChI is InChI=1S/C9H16N2O4S/c1-11(6-8(12)7-15-2)16(13,14)9-3-4-10-5-9/h3-5,8,10,12H,6-7H2,1-2H3. The molecule has 1 heterocycles. The van der Waals surface area contributed by atoms with Crippen LogP contribution in [0, 0.1) is 0 Å². The molecular formula is C9H16N2O4S. The molecule has 0 radical (unpaired) electrons. The van der Waals surface area contributed by atoms with E-state index in [4.69, 9.17) is 4.74 Å². The van der Waals surface area contributed by atoms with Gasteiger partial charge < -0.3 is 14.8 Å². The van der Waals surface area contributed by atoms with Gasteiger partial charge in [0.2, 0.25) is 10.0 Å². The number of sulfonamides is 1. The highest BCUT2D eigenvalue weighted by molar-refractivity contribution is 7.89. The maximum Gasteiger partial charge on any atom is 0.244 e. The third kappa shape index (κ3) is 3.05. The number of aliphatic hydroxyl groups excluding tert-OH is 1. The van der Waals surface area contributed by atoms with Crippen molar-refractivity contribution in [2.24, 2.45) is 0 Å². The van der Waals surface area contributed by atoms with Gasteiger partial charge in [-0.1, -0.05) is 0 Å². The summed E-state index contributed by atoms with van der Waals surface area (Å²) in [6, 6.07) is 1.47. The predicted octanol–water partition coefficient (Wildman–Crippen LogP) is -0.357. The van der Waals surface area contributed by atoms with Gasteiger partial charge >= 0.3 is 0 Å². The highest BCUT2D eigenvalue weighted by Crippen LogP contribution is 2.12. The molecule has 1 aromatic rings. The molecule has 0 bridgehead atoms. The van der Waals surface area contributed by atoms with Crippen LogP contribution in [-0.4, -0.2) is 56.2 Å². The van der Waals surface area contributed by atoms with Crippen LogP contribution in [0.3, 0.4) is 0 Å². The number of likely N-dealkylation sites (N-methyl/N-ethyl adjacent to an activating group) is 1. The van der Waals surface area contributed by atoms with Gasteiger partial charge in [0.1, 0.15) is 0 Å². The van der Waals surface area contributed by atoms with Crippen LogP contribution in [0.5, 0.6) is 0 Å². The van der Waals surface area contributed by atoms with Crippen molar-refractivity contribution in [3.8, 4) is 0 Å². The molecule has 7 heteroatoms. The highest BCUT2D eigenvalue weighted by Gasteiger charge is 2.23. The molecule has 6 nitrogen and oxygen atoms in total. The Hall–Kier alpha value is -0.890. The van der Waals surface area contributed by atoms with Crippen LogP contribution in [0.15, 0.2) is 23.4 Å². The summed E-state index contributed by atoms with van der Waals surface area (Å²) in [7, 11) is -0.656. The molecule has 1 atom stereocenters. The zero-order valence-corrected chi connectivity index (χ0v) is 10.1. The Bertz CT molecular complexity index is 401. The number of methoxy groups -OCH3 is 1. The van der Waals surface area contributed by atoms with E-state index in [1.165, 1.54) is 32.6 Å². The second-order valence-corrected chi connectivity index (χ2v) is 5.49. The van der Waals surface area contributed by atoms with E-state index in [1.807, 2.05) is 0 Å². The quantitative estimate of drug-likeness (QED) is 0.720. The van der Waals surface area contributed by atoms with E-state index >= 15 is 0 Å². The second-order valence-electron chi connectivity index (χ2n) is 3.44. The minimum atomic E-state index is -3.52. The molecule has 16 heavy (non-hydrogen) atoms. The van der Waals surface area contributed by atoms with E-state index < -0.39 is 16.1 Å². The van der Waals surface area contributed by atoms with Crippen LogP contribution in [0.1, 0.15) is 0 Å². The molecule has 0 aromatic carbocycles. The lowest BCUT2D eigenvalue weighted by atomic mass is 10.4. The molecular weight excluding hydrogens is 232 g/mol. The Labute approximate surface area is 94.9 Å². The van der Waals surface area contributed by atoms with Crippen molar-refractivity contribution in [3.63, 3.8) is 0 Å². The van der Waals surface area contributed by atoms with Crippen LogP contribution < -0.4 is 0 Å². The number of nitrogens with zero attached hydrogens (tertiary/aromatic N) is 1. The van der Waals surface area contributed by atoms with Gasteiger partial charge in [-0.25, -0.2) is 8.42 Å². The van der Waals surface area contributed by atoms with Gasteiger partial charge in [0, 0.05) is 33.1 Å². The monoisotopic (exact) mass is 248 g/mol. The van der Waals surface area contributed by atoms with Crippen molar-refractivity contribution < 1.29 is 18.3 Å². The number of aromatic nitrogens is 1. The maximum atomic E-state index is 11.9. The van der Waals surface area contributed by atoms with Crippen molar-refractivity contribution in [2.45, 2.75) is 11.0 Å². The summed E-state index contributed by atoms with van der Waals surface area (Å²) in [4.78, 5) is 2.86. The molecule has 0 aliphatic rings. The Morgan fingerprint density at radius 2 is 2.31 bits per heavy atom. The molecule has 0 aliphatic heterocycles. The molecule has 0 fully saturated rings. The van der Waals surface area contributed by atoms with Crippen molar-refractivity contribution in [2.75, 3.05) is 27.3 Å². The summed E-state index contributed by atoms with van der Waals surface area (Å²) in [6.07, 6.45) is 2.10. The van der Waals surface area contributed by atoms with Crippen molar-refractivity contribution in [1.82, 2.24) is 9.29 Å². The lowest BCUT2D eigenvalue weighted by molar-refractivity contribution is 0.0554. The zero-order valence-electron chi connectivity index (χ0n) is 9.25. The Morgan fingerprint density at radius 3 is 2.81 bits per heavy atom. The molecule has 0 spiro atoms. The molecule has 1 unspecified atom stereocenters. The molecule has 0 aliphatic carbocycles. The topological polar surface area (TPSA) is 82.6 Å². The van der Waals surface area contributed by atoms with Crippen molar-refractivity contribution in [3.05, 3.63) is 18.5 Å². The lowest BCUT2D eigenvalue weighted by Crippen LogP contribution is -2.36. The van der Waals surface area contributed by atoms with Crippen molar-refractivity contribution in [1.29, 1.82) is 0 Å². The summed E-state index contributed by atoms with van der Waals surface area (Å²) in [5.41, 5.74) is 0. The Balaban J connectivity index is 2.70. The van der Waals surface area contributed by atoms with E-state index in [0.717, 1.165) is 4.31 Å². The molecule has 0 amide bonds. The third-order valence-electron chi connectivity index (χ3n) is 2.10. The average molecular weight is 248 g/mol. The van der Waals surface area contributed by atoms with Crippen LogP contribution in [-0.2, 0) is 14.8 Å². The van der Waals surface area contributed by atoms with Crippen LogP contribution in [0.4, 0.5) is 0 Å². The molecule has 1 rings (SSSR count). The Morgan fingerprint density at radius 1 is 1.62 bits per heavy atom. The number of aliphatic hydroxyl groups is 1. The summed E-state index contributed by atoms with van der Waals surface area (Å²) < 4.78 is 29.6. The number of H-pyrrole nitrogens is 1. The highest BCUT2D eigenvalue weighted by atomic mass is 32.2. The van der Waals surface area contributed by atoms with Gasteiger partial charge in [-0.3, -0.25) is 0 Å². The normalized spacial score (nSPS) is 14.2. The minimum absolute atomic E-state index is 0.00134. The first-order valence-electron chi connectivity index (χ1n) is 4.74. The van der Waals surface area contributed by atoms with Gasteiger partial charge in [-0.15, -0.1) is 0 Å². The molecule has 92 valence electrons. The smallest absolute Gasteiger partial charge is 0.244 e. The number of hydrogen-bond donors (Lipinski definition) is 2.